The second-order valence-electron chi connectivity index (χ2n) is 4.47. The number of nitrogens with zero attached hydrogens (tertiary/aromatic N) is 3. The largest absolute Gasteiger partial charge is 0.339 e. The second-order valence-corrected chi connectivity index (χ2v) is 7.73. The van der Waals surface area contributed by atoms with E-state index in [-0.39, 0.29) is 5.91 Å². The van der Waals surface area contributed by atoms with E-state index < -0.39 is 0 Å². The summed E-state index contributed by atoms with van der Waals surface area (Å²) in [6.45, 7) is 3.09. The summed E-state index contributed by atoms with van der Waals surface area (Å²) in [5, 5.41) is 8.13. The lowest BCUT2D eigenvalue weighted by Crippen LogP contribution is -2.44. The normalized spacial score (nSPS) is 19.7. The fraction of sp³-hybridized carbons (Fsp3) is 0.750. The minimum Gasteiger partial charge on any atom is -0.339 e. The molecule has 2 heterocycles. The van der Waals surface area contributed by atoms with E-state index in [1.54, 1.807) is 23.1 Å². The molecule has 1 unspecified atom stereocenters. The highest BCUT2D eigenvalue weighted by atomic mass is 32.2. The average molecular weight is 318 g/mol. The Balaban J connectivity index is 1.86. The fourth-order valence-corrected chi connectivity index (χ4v) is 4.62. The van der Waals surface area contributed by atoms with Crippen molar-refractivity contribution in [1.29, 1.82) is 0 Å². The Kier molecular flexibility index (Phi) is 5.97. The van der Waals surface area contributed by atoms with Crippen molar-refractivity contribution >= 4 is 40.8 Å². The van der Waals surface area contributed by atoms with Crippen molar-refractivity contribution in [3.05, 3.63) is 0 Å². The molecule has 0 bridgehead atoms. The van der Waals surface area contributed by atoms with Gasteiger partial charge in [-0.1, -0.05) is 41.8 Å². The Labute approximate surface area is 126 Å². The molecule has 1 aromatic heterocycles. The van der Waals surface area contributed by atoms with Crippen molar-refractivity contribution in [3.8, 4) is 0 Å². The third kappa shape index (κ3) is 4.10. The lowest BCUT2D eigenvalue weighted by atomic mass is 10.0. The van der Waals surface area contributed by atoms with Gasteiger partial charge in [-0.05, 0) is 31.9 Å². The maximum atomic E-state index is 12.3. The molecule has 7 heteroatoms. The van der Waals surface area contributed by atoms with Gasteiger partial charge in [0.05, 0.1) is 5.75 Å². The first-order chi connectivity index (χ1) is 9.24. The first-order valence-corrected chi connectivity index (χ1v) is 9.57. The van der Waals surface area contributed by atoms with E-state index in [1.807, 2.05) is 6.26 Å². The van der Waals surface area contributed by atoms with Gasteiger partial charge < -0.3 is 4.90 Å². The van der Waals surface area contributed by atoms with Gasteiger partial charge >= 0.3 is 0 Å². The molecule has 2 rings (SSSR count). The molecule has 1 atom stereocenters. The zero-order valence-electron chi connectivity index (χ0n) is 11.3. The van der Waals surface area contributed by atoms with Gasteiger partial charge in [0.25, 0.3) is 0 Å². The summed E-state index contributed by atoms with van der Waals surface area (Å²) in [6.07, 6.45) is 6.60. The molecule has 1 fully saturated rings. The highest BCUT2D eigenvalue weighted by Gasteiger charge is 2.25. The standard InChI is InChI=1S/C12H19N3OS3/c1-3-9-6-4-5-7-15(9)10(16)8-18-12-14-13-11(17-2)19-12/h9H,3-8H2,1-2H3. The summed E-state index contributed by atoms with van der Waals surface area (Å²) < 4.78 is 1.85. The number of hydrogen-bond acceptors (Lipinski definition) is 6. The van der Waals surface area contributed by atoms with Gasteiger partial charge in [-0.25, -0.2) is 0 Å². The molecule has 0 aliphatic carbocycles. The minimum atomic E-state index is 0.248. The van der Waals surface area contributed by atoms with Gasteiger partial charge in [0.15, 0.2) is 8.68 Å². The van der Waals surface area contributed by atoms with Crippen LogP contribution in [0.3, 0.4) is 0 Å². The highest BCUT2D eigenvalue weighted by Crippen LogP contribution is 2.28. The zero-order chi connectivity index (χ0) is 13.7. The number of rotatable bonds is 5. The van der Waals surface area contributed by atoms with E-state index in [2.05, 4.69) is 22.0 Å². The first kappa shape index (κ1) is 15.1. The molecule has 0 saturated carbocycles. The van der Waals surface area contributed by atoms with E-state index in [4.69, 9.17) is 0 Å². The van der Waals surface area contributed by atoms with E-state index in [9.17, 15) is 4.79 Å². The maximum Gasteiger partial charge on any atom is 0.233 e. The van der Waals surface area contributed by atoms with Gasteiger partial charge in [-0.15, -0.1) is 10.2 Å². The predicted octanol–water partition coefficient (Wildman–Crippen LogP) is 3.14. The summed E-state index contributed by atoms with van der Waals surface area (Å²) in [5.74, 6) is 0.733. The molecule has 1 aliphatic rings. The zero-order valence-corrected chi connectivity index (χ0v) is 13.7. The number of piperidine rings is 1. The molecule has 0 N–H and O–H groups in total. The smallest absolute Gasteiger partial charge is 0.233 e. The average Bonchev–Trinajstić information content (AvgIpc) is 2.92. The van der Waals surface area contributed by atoms with Gasteiger partial charge in [0.1, 0.15) is 0 Å². The Morgan fingerprint density at radius 3 is 2.89 bits per heavy atom. The summed E-state index contributed by atoms with van der Waals surface area (Å²) >= 11 is 4.66. The van der Waals surface area contributed by atoms with Crippen LogP contribution in [-0.4, -0.2) is 45.6 Å². The minimum absolute atomic E-state index is 0.248. The molecule has 1 amide bonds. The predicted molar refractivity (Wildman–Crippen MR) is 82.1 cm³/mol. The lowest BCUT2D eigenvalue weighted by molar-refractivity contribution is -0.132. The number of amides is 1. The molecule has 0 spiro atoms. The third-order valence-electron chi connectivity index (χ3n) is 3.30. The summed E-state index contributed by atoms with van der Waals surface area (Å²) in [7, 11) is 0. The number of thioether (sulfide) groups is 2. The van der Waals surface area contributed by atoms with Crippen molar-refractivity contribution in [2.75, 3.05) is 18.6 Å². The first-order valence-electron chi connectivity index (χ1n) is 6.54. The highest BCUT2D eigenvalue weighted by molar-refractivity contribution is 8.03. The molecule has 4 nitrogen and oxygen atoms in total. The summed E-state index contributed by atoms with van der Waals surface area (Å²) in [6, 6.07) is 0.443. The van der Waals surface area contributed by atoms with E-state index in [0.717, 1.165) is 34.5 Å². The number of carbonyl (C=O) groups excluding carboxylic acids is 1. The van der Waals surface area contributed by atoms with Crippen LogP contribution >= 0.6 is 34.9 Å². The van der Waals surface area contributed by atoms with Crippen LogP contribution in [0.25, 0.3) is 0 Å². The number of aromatic nitrogens is 2. The van der Waals surface area contributed by atoms with Crippen molar-refractivity contribution in [1.82, 2.24) is 15.1 Å². The number of carbonyl (C=O) groups is 1. The van der Waals surface area contributed by atoms with Crippen molar-refractivity contribution in [2.24, 2.45) is 0 Å². The quantitative estimate of drug-likeness (QED) is 0.781. The van der Waals surface area contributed by atoms with E-state index in [1.165, 1.54) is 18.2 Å². The topological polar surface area (TPSA) is 46.1 Å². The molecule has 19 heavy (non-hydrogen) atoms. The van der Waals surface area contributed by atoms with Crippen molar-refractivity contribution in [3.63, 3.8) is 0 Å². The molecule has 0 aromatic carbocycles. The second kappa shape index (κ2) is 7.50. The van der Waals surface area contributed by atoms with Crippen LogP contribution in [0.15, 0.2) is 8.68 Å². The lowest BCUT2D eigenvalue weighted by Gasteiger charge is -2.35. The fourth-order valence-electron chi connectivity index (χ4n) is 2.30. The van der Waals surface area contributed by atoms with Gasteiger partial charge in [-0.2, -0.15) is 0 Å². The van der Waals surface area contributed by atoms with E-state index >= 15 is 0 Å². The summed E-state index contributed by atoms with van der Waals surface area (Å²) in [5.41, 5.74) is 0. The molecular weight excluding hydrogens is 298 g/mol. The molecule has 1 aromatic rings. The van der Waals surface area contributed by atoms with Crippen LogP contribution in [0.1, 0.15) is 32.6 Å². The molecule has 1 saturated heterocycles. The van der Waals surface area contributed by atoms with Crippen LogP contribution in [0.4, 0.5) is 0 Å². The number of hydrogen-bond donors (Lipinski definition) is 0. The van der Waals surface area contributed by atoms with Gasteiger partial charge in [0.2, 0.25) is 5.91 Å². The Hall–Kier alpha value is -0.270. The van der Waals surface area contributed by atoms with Gasteiger partial charge in [0, 0.05) is 12.6 Å². The van der Waals surface area contributed by atoms with Crippen LogP contribution in [0.2, 0.25) is 0 Å². The van der Waals surface area contributed by atoms with E-state index in [0.29, 0.717) is 11.8 Å². The molecule has 106 valence electrons. The monoisotopic (exact) mass is 317 g/mol. The summed E-state index contributed by atoms with van der Waals surface area (Å²) in [4.78, 5) is 14.3. The Morgan fingerprint density at radius 1 is 1.42 bits per heavy atom. The van der Waals surface area contributed by atoms with Crippen LogP contribution in [0.5, 0.6) is 0 Å². The van der Waals surface area contributed by atoms with Gasteiger partial charge in [-0.3, -0.25) is 4.79 Å². The molecule has 1 aliphatic heterocycles. The van der Waals surface area contributed by atoms with Crippen molar-refractivity contribution in [2.45, 2.75) is 47.3 Å². The Morgan fingerprint density at radius 2 is 2.21 bits per heavy atom. The molecular formula is C12H19N3OS3. The third-order valence-corrected chi connectivity index (χ3v) is 6.32. The molecule has 0 radical (unpaired) electrons. The van der Waals surface area contributed by atoms with Crippen LogP contribution in [-0.2, 0) is 4.79 Å². The maximum absolute atomic E-state index is 12.3. The van der Waals surface area contributed by atoms with Crippen LogP contribution < -0.4 is 0 Å². The van der Waals surface area contributed by atoms with Crippen LogP contribution in [0, 0.1) is 0 Å². The van der Waals surface area contributed by atoms with Crippen molar-refractivity contribution < 1.29 is 4.79 Å². The Bertz CT molecular complexity index is 424. The SMILES string of the molecule is CCC1CCCCN1C(=O)CSc1nnc(SC)s1. The number of likely N-dealkylation sites (tertiary alicyclic amines) is 1.